The molecule has 3 aromatic heterocycles. The summed E-state index contributed by atoms with van der Waals surface area (Å²) in [4.78, 5) is 5.43. The molecule has 0 radical (unpaired) electrons. The number of unbranched alkanes of at least 4 members (excludes halogenated alkanes) is 1. The summed E-state index contributed by atoms with van der Waals surface area (Å²) in [6.45, 7) is 3.07. The van der Waals surface area contributed by atoms with E-state index in [1.54, 1.807) is 18.5 Å². The largest absolute Gasteiger partial charge is 0.573 e. The molecular weight excluding hydrogens is 523 g/mol. The molecule has 0 fully saturated rings. The molecule has 0 atom stereocenters. The Kier molecular flexibility index (Phi) is 9.81. The van der Waals surface area contributed by atoms with Gasteiger partial charge in [0.1, 0.15) is 5.75 Å². The van der Waals surface area contributed by atoms with Crippen molar-refractivity contribution >= 4 is 28.3 Å². The van der Waals surface area contributed by atoms with E-state index in [0.29, 0.717) is 49.6 Å². The summed E-state index contributed by atoms with van der Waals surface area (Å²) in [6, 6.07) is 6.46. The summed E-state index contributed by atoms with van der Waals surface area (Å²) >= 11 is 1.28. The maximum Gasteiger partial charge on any atom is 0.573 e. The molecule has 0 bridgehead atoms. The van der Waals surface area contributed by atoms with Crippen LogP contribution in [0.3, 0.4) is 0 Å². The summed E-state index contributed by atoms with van der Waals surface area (Å²) in [5.74, 6) is -0.247. The fraction of sp³-hybridized carbons (Fsp3) is 0.417. The average molecular weight is 552 g/mol. The van der Waals surface area contributed by atoms with Crippen molar-refractivity contribution in [2.45, 2.75) is 32.4 Å². The van der Waals surface area contributed by atoms with Crippen molar-refractivity contribution in [3.05, 3.63) is 47.8 Å². The van der Waals surface area contributed by atoms with Gasteiger partial charge in [0.2, 0.25) is 0 Å². The SMILES string of the molecule is COCc1cc(CNCCCCOCCNc2cc(-c3cnns3)nc3[nH]ncc23)cc(OC(F)(F)F)c1. The average Bonchev–Trinajstić information content (AvgIpc) is 3.56. The van der Waals surface area contributed by atoms with Gasteiger partial charge in [-0.05, 0) is 60.2 Å². The lowest BCUT2D eigenvalue weighted by Crippen LogP contribution is -2.18. The number of aromatic amines is 1. The molecule has 4 aromatic rings. The molecule has 0 amide bonds. The number of aromatic nitrogens is 5. The third kappa shape index (κ3) is 8.34. The lowest BCUT2D eigenvalue weighted by Gasteiger charge is -2.13. The van der Waals surface area contributed by atoms with Crippen molar-refractivity contribution in [2.75, 3.05) is 38.7 Å². The minimum Gasteiger partial charge on any atom is -0.406 e. The van der Waals surface area contributed by atoms with Gasteiger partial charge in [0, 0.05) is 32.5 Å². The zero-order chi connectivity index (χ0) is 26.8. The van der Waals surface area contributed by atoms with E-state index < -0.39 is 6.36 Å². The molecule has 1 aromatic carbocycles. The van der Waals surface area contributed by atoms with Crippen molar-refractivity contribution in [1.29, 1.82) is 0 Å². The summed E-state index contributed by atoms with van der Waals surface area (Å²) in [6.07, 6.45) is 0.380. The number of benzene rings is 1. The Hall–Kier alpha value is -3.33. The lowest BCUT2D eigenvalue weighted by atomic mass is 10.1. The molecule has 4 rings (SSSR count). The molecule has 0 aliphatic heterocycles. The highest BCUT2D eigenvalue weighted by Gasteiger charge is 2.31. The Morgan fingerprint density at radius 3 is 2.68 bits per heavy atom. The predicted molar refractivity (Wildman–Crippen MR) is 137 cm³/mol. The van der Waals surface area contributed by atoms with Crippen LogP contribution in [0.4, 0.5) is 18.9 Å². The van der Waals surface area contributed by atoms with Crippen molar-refractivity contribution in [3.8, 4) is 16.3 Å². The number of alkyl halides is 3. The molecular formula is C24H28F3N7O3S. The van der Waals surface area contributed by atoms with Crippen molar-refractivity contribution in [2.24, 2.45) is 0 Å². The standard InChI is InChI=1S/C24H28F3N7O3S/c1-35-15-17-8-16(9-18(10-17)37-24(25,26)27)12-28-4-2-3-6-36-7-5-29-20-11-21(22-14-31-34-38-22)32-23-19(20)13-30-33-23/h8-11,13-14,28H,2-7,12,15H2,1H3,(H2,29,30,32,33). The van der Waals surface area contributed by atoms with Crippen LogP contribution < -0.4 is 15.4 Å². The molecule has 0 spiro atoms. The Balaban J connectivity index is 1.13. The van der Waals surface area contributed by atoms with Crippen molar-refractivity contribution in [1.82, 2.24) is 30.1 Å². The van der Waals surface area contributed by atoms with Gasteiger partial charge in [-0.3, -0.25) is 5.10 Å². The molecule has 38 heavy (non-hydrogen) atoms. The number of pyridine rings is 1. The molecule has 3 N–H and O–H groups in total. The van der Waals surface area contributed by atoms with Gasteiger partial charge in [0.25, 0.3) is 0 Å². The topological polar surface area (TPSA) is 119 Å². The number of halogens is 3. The number of ether oxygens (including phenoxy) is 3. The Morgan fingerprint density at radius 2 is 1.89 bits per heavy atom. The third-order valence-electron chi connectivity index (χ3n) is 5.39. The van der Waals surface area contributed by atoms with E-state index in [2.05, 4.69) is 40.1 Å². The number of hydrogen-bond acceptors (Lipinski definition) is 10. The summed E-state index contributed by atoms with van der Waals surface area (Å²) in [7, 11) is 1.49. The van der Waals surface area contributed by atoms with Gasteiger partial charge in [0.05, 0.1) is 41.6 Å². The number of rotatable bonds is 15. The molecule has 14 heteroatoms. The highest BCUT2D eigenvalue weighted by Crippen LogP contribution is 2.28. The summed E-state index contributed by atoms with van der Waals surface area (Å²) in [5.41, 5.74) is 3.66. The Bertz CT molecular complexity index is 1290. The van der Waals surface area contributed by atoms with E-state index in [4.69, 9.17) is 9.47 Å². The normalized spacial score (nSPS) is 11.8. The number of hydrogen-bond donors (Lipinski definition) is 3. The van der Waals surface area contributed by atoms with Crippen LogP contribution in [0.5, 0.6) is 5.75 Å². The number of H-pyrrole nitrogens is 1. The van der Waals surface area contributed by atoms with E-state index in [0.717, 1.165) is 34.5 Å². The van der Waals surface area contributed by atoms with Gasteiger partial charge >= 0.3 is 6.36 Å². The van der Waals surface area contributed by atoms with Crippen LogP contribution in [-0.2, 0) is 22.6 Å². The van der Waals surface area contributed by atoms with Gasteiger partial charge in [-0.1, -0.05) is 10.6 Å². The lowest BCUT2D eigenvalue weighted by molar-refractivity contribution is -0.274. The number of nitrogens with zero attached hydrogens (tertiary/aromatic N) is 4. The van der Waals surface area contributed by atoms with E-state index in [1.165, 1.54) is 30.8 Å². The van der Waals surface area contributed by atoms with E-state index >= 15 is 0 Å². The molecule has 0 unspecified atom stereocenters. The van der Waals surface area contributed by atoms with E-state index in [9.17, 15) is 13.2 Å². The minimum atomic E-state index is -4.74. The number of fused-ring (bicyclic) bond motifs is 1. The monoisotopic (exact) mass is 551 g/mol. The van der Waals surface area contributed by atoms with Gasteiger partial charge in [-0.2, -0.15) is 5.10 Å². The second-order valence-electron chi connectivity index (χ2n) is 8.36. The first-order valence-corrected chi connectivity index (χ1v) is 12.7. The summed E-state index contributed by atoms with van der Waals surface area (Å²) < 4.78 is 56.5. The van der Waals surface area contributed by atoms with Crippen LogP contribution in [0.15, 0.2) is 36.7 Å². The van der Waals surface area contributed by atoms with Crippen LogP contribution in [-0.4, -0.2) is 64.5 Å². The predicted octanol–water partition coefficient (Wildman–Crippen LogP) is 4.52. The third-order valence-corrected chi connectivity index (χ3v) is 6.08. The van der Waals surface area contributed by atoms with Crippen LogP contribution >= 0.6 is 11.5 Å². The van der Waals surface area contributed by atoms with E-state index in [1.807, 2.05) is 6.07 Å². The molecule has 0 saturated heterocycles. The quantitative estimate of drug-likeness (QED) is 0.183. The van der Waals surface area contributed by atoms with Gasteiger partial charge in [0.15, 0.2) is 5.65 Å². The second kappa shape index (κ2) is 13.5. The highest BCUT2D eigenvalue weighted by molar-refractivity contribution is 7.09. The maximum absolute atomic E-state index is 12.6. The van der Waals surface area contributed by atoms with Crippen LogP contribution in [0.1, 0.15) is 24.0 Å². The van der Waals surface area contributed by atoms with Crippen LogP contribution in [0.2, 0.25) is 0 Å². The number of anilines is 1. The minimum absolute atomic E-state index is 0.202. The zero-order valence-corrected chi connectivity index (χ0v) is 21.5. The zero-order valence-electron chi connectivity index (χ0n) is 20.7. The maximum atomic E-state index is 12.6. The Labute approximate surface area is 221 Å². The number of nitrogens with one attached hydrogen (secondary N) is 3. The summed E-state index contributed by atoms with van der Waals surface area (Å²) in [5, 5.41) is 18.4. The second-order valence-corrected chi connectivity index (χ2v) is 9.14. The van der Waals surface area contributed by atoms with Gasteiger partial charge in [-0.15, -0.1) is 18.3 Å². The molecule has 0 aliphatic rings. The molecule has 204 valence electrons. The first-order chi connectivity index (χ1) is 18.4. The van der Waals surface area contributed by atoms with E-state index in [-0.39, 0.29) is 12.4 Å². The van der Waals surface area contributed by atoms with Crippen molar-refractivity contribution < 1.29 is 27.4 Å². The first-order valence-electron chi connectivity index (χ1n) is 11.9. The van der Waals surface area contributed by atoms with Gasteiger partial charge < -0.3 is 24.8 Å². The van der Waals surface area contributed by atoms with Crippen molar-refractivity contribution in [3.63, 3.8) is 0 Å². The smallest absolute Gasteiger partial charge is 0.406 e. The van der Waals surface area contributed by atoms with Gasteiger partial charge in [-0.25, -0.2) is 4.98 Å². The molecule has 10 nitrogen and oxygen atoms in total. The Morgan fingerprint density at radius 1 is 1.03 bits per heavy atom. The molecule has 0 aliphatic carbocycles. The highest BCUT2D eigenvalue weighted by atomic mass is 32.1. The fourth-order valence-electron chi connectivity index (χ4n) is 3.80. The van der Waals surface area contributed by atoms with Crippen LogP contribution in [0, 0.1) is 0 Å². The fourth-order valence-corrected chi connectivity index (χ4v) is 4.28. The molecule has 3 heterocycles. The molecule has 0 saturated carbocycles. The first kappa shape index (κ1) is 27.7. The number of methoxy groups -OCH3 is 1. The van der Waals surface area contributed by atoms with Crippen LogP contribution in [0.25, 0.3) is 21.6 Å².